The van der Waals surface area contributed by atoms with Crippen molar-refractivity contribution in [3.05, 3.63) is 60.3 Å². The summed E-state index contributed by atoms with van der Waals surface area (Å²) in [5, 5.41) is 19.6. The molecule has 0 saturated carbocycles. The second-order valence-electron chi connectivity index (χ2n) is 8.02. The Bertz CT molecular complexity index is 1470. The molecule has 0 aliphatic rings. The van der Waals surface area contributed by atoms with Gasteiger partial charge in [-0.15, -0.1) is 0 Å². The molecule has 0 aliphatic carbocycles. The first kappa shape index (κ1) is 29.7. The number of carboxylic acid groups (broad SMARTS) is 1. The molecule has 0 unspecified atom stereocenters. The van der Waals surface area contributed by atoms with E-state index in [1.807, 2.05) is 42.5 Å². The molecule has 5 N–H and O–H groups in total. The highest BCUT2D eigenvalue weighted by atomic mass is 19.4. The Balaban J connectivity index is 0.000000559. The van der Waals surface area contributed by atoms with Gasteiger partial charge in [0.05, 0.1) is 44.1 Å². The second-order valence-corrected chi connectivity index (χ2v) is 8.02. The van der Waals surface area contributed by atoms with Crippen LogP contribution in [-0.4, -0.2) is 60.6 Å². The number of fused-ring (bicyclic) bond motifs is 1. The molecule has 2 heterocycles. The number of hydrogen-bond acceptors (Lipinski definition) is 8. The van der Waals surface area contributed by atoms with Gasteiger partial charge in [-0.05, 0) is 24.3 Å². The van der Waals surface area contributed by atoms with Crippen LogP contribution in [0.3, 0.4) is 0 Å². The van der Waals surface area contributed by atoms with Gasteiger partial charge in [-0.25, -0.2) is 4.98 Å². The number of aliphatic carboxylic acids is 1. The maximum atomic E-state index is 12.9. The summed E-state index contributed by atoms with van der Waals surface area (Å²) in [4.78, 5) is 26.1. The summed E-state index contributed by atoms with van der Waals surface area (Å²) >= 11 is 0. The summed E-state index contributed by atoms with van der Waals surface area (Å²) in [6.07, 6.45) is -4.36. The van der Waals surface area contributed by atoms with Crippen LogP contribution in [0.15, 0.2) is 54.6 Å². The maximum Gasteiger partial charge on any atom is 0.430 e. The smallest absolute Gasteiger partial charge is 0.430 e. The Morgan fingerprint density at radius 3 is 2.35 bits per heavy atom. The fraction of sp³-hybridized carbons (Fsp3) is 0.231. The SMILES string of the molecule is COc1cccc(OCCC[NH3+])c1-c1cc(NC(=O)c2cc(OC)c3ccccc3n2)n[nH]1.O=C([O-])C(F)(F)F. The minimum Gasteiger partial charge on any atom is -0.542 e. The van der Waals surface area contributed by atoms with Crippen molar-refractivity contribution >= 4 is 28.6 Å². The number of methoxy groups -OCH3 is 2. The van der Waals surface area contributed by atoms with E-state index in [0.717, 1.165) is 23.9 Å². The number of aromatic amines is 1. The van der Waals surface area contributed by atoms with Gasteiger partial charge in [0.15, 0.2) is 5.82 Å². The number of halogens is 3. The quantitative estimate of drug-likeness (QED) is 0.262. The molecule has 4 rings (SSSR count). The van der Waals surface area contributed by atoms with Crippen LogP contribution in [0.1, 0.15) is 16.9 Å². The Kier molecular flexibility index (Phi) is 9.86. The minimum atomic E-state index is -5.19. The van der Waals surface area contributed by atoms with Crippen molar-refractivity contribution in [3.63, 3.8) is 0 Å². The van der Waals surface area contributed by atoms with E-state index < -0.39 is 18.1 Å². The van der Waals surface area contributed by atoms with Crippen LogP contribution in [-0.2, 0) is 4.79 Å². The number of nitrogens with one attached hydrogen (secondary N) is 2. The van der Waals surface area contributed by atoms with E-state index in [1.54, 1.807) is 26.4 Å². The zero-order valence-electron chi connectivity index (χ0n) is 21.5. The van der Waals surface area contributed by atoms with Crippen LogP contribution in [0.25, 0.3) is 22.2 Å². The number of amides is 1. The fourth-order valence-corrected chi connectivity index (χ4v) is 3.47. The Morgan fingerprint density at radius 1 is 1.02 bits per heavy atom. The molecule has 1 amide bonds. The van der Waals surface area contributed by atoms with Crippen molar-refractivity contribution in [2.75, 3.05) is 32.7 Å². The first-order valence-corrected chi connectivity index (χ1v) is 11.8. The van der Waals surface area contributed by atoms with Gasteiger partial charge in [0.1, 0.15) is 28.9 Å². The number of aromatic nitrogens is 3. The normalized spacial score (nSPS) is 10.8. The largest absolute Gasteiger partial charge is 0.542 e. The monoisotopic (exact) mass is 561 g/mol. The van der Waals surface area contributed by atoms with Gasteiger partial charge in [-0.1, -0.05) is 18.2 Å². The van der Waals surface area contributed by atoms with Crippen LogP contribution in [0.5, 0.6) is 17.2 Å². The van der Waals surface area contributed by atoms with Crippen LogP contribution in [0.2, 0.25) is 0 Å². The summed E-state index contributed by atoms with van der Waals surface area (Å²) < 4.78 is 48.4. The zero-order chi connectivity index (χ0) is 29.3. The van der Waals surface area contributed by atoms with E-state index >= 15 is 0 Å². The predicted octanol–water partition coefficient (Wildman–Crippen LogP) is 2.20. The number of rotatable bonds is 9. The highest BCUT2D eigenvalue weighted by Gasteiger charge is 2.28. The third-order valence-corrected chi connectivity index (χ3v) is 5.31. The molecule has 40 heavy (non-hydrogen) atoms. The molecule has 0 bridgehead atoms. The molecular formula is C26H26F3N5O6. The maximum absolute atomic E-state index is 12.9. The third-order valence-electron chi connectivity index (χ3n) is 5.31. The molecule has 0 radical (unpaired) electrons. The number of carbonyl (C=O) groups excluding carboxylic acids is 2. The lowest BCUT2D eigenvalue weighted by molar-refractivity contribution is -0.368. The van der Waals surface area contributed by atoms with Crippen LogP contribution in [0.4, 0.5) is 19.0 Å². The van der Waals surface area contributed by atoms with Gasteiger partial charge < -0.3 is 35.2 Å². The molecular weight excluding hydrogens is 535 g/mol. The number of carboxylic acids is 1. The number of para-hydroxylation sites is 1. The molecule has 0 fully saturated rings. The number of ether oxygens (including phenoxy) is 3. The minimum absolute atomic E-state index is 0.226. The third kappa shape index (κ3) is 7.38. The molecule has 212 valence electrons. The van der Waals surface area contributed by atoms with Crippen LogP contribution in [0, 0.1) is 0 Å². The Hall–Kier alpha value is -4.85. The number of H-pyrrole nitrogens is 1. The first-order chi connectivity index (χ1) is 19.1. The molecule has 2 aromatic heterocycles. The number of alkyl halides is 3. The molecule has 11 nitrogen and oxygen atoms in total. The van der Waals surface area contributed by atoms with Crippen molar-refractivity contribution in [3.8, 4) is 28.5 Å². The number of carbonyl (C=O) groups is 2. The predicted molar refractivity (Wildman–Crippen MR) is 136 cm³/mol. The Labute approximate surface area is 226 Å². The lowest BCUT2D eigenvalue weighted by atomic mass is 10.1. The van der Waals surface area contributed by atoms with E-state index in [4.69, 9.17) is 24.1 Å². The Morgan fingerprint density at radius 2 is 1.70 bits per heavy atom. The molecule has 0 aliphatic heterocycles. The van der Waals surface area contributed by atoms with E-state index in [9.17, 15) is 18.0 Å². The molecule has 0 spiro atoms. The van der Waals surface area contributed by atoms with Gasteiger partial charge in [0.2, 0.25) is 0 Å². The van der Waals surface area contributed by atoms with E-state index in [2.05, 4.69) is 26.2 Å². The van der Waals surface area contributed by atoms with E-state index in [-0.39, 0.29) is 5.69 Å². The van der Waals surface area contributed by atoms with Crippen molar-refractivity contribution < 1.29 is 47.8 Å². The molecule has 0 atom stereocenters. The average Bonchev–Trinajstić information content (AvgIpc) is 3.40. The number of anilines is 1. The lowest BCUT2D eigenvalue weighted by Crippen LogP contribution is -2.50. The number of quaternary nitrogens is 1. The van der Waals surface area contributed by atoms with E-state index in [1.165, 1.54) is 0 Å². The van der Waals surface area contributed by atoms with Gasteiger partial charge in [-0.3, -0.25) is 9.89 Å². The highest BCUT2D eigenvalue weighted by Crippen LogP contribution is 2.38. The number of nitrogens with zero attached hydrogens (tertiary/aromatic N) is 2. The average molecular weight is 562 g/mol. The summed E-state index contributed by atoms with van der Waals surface area (Å²) in [7, 11) is 3.16. The van der Waals surface area contributed by atoms with Gasteiger partial charge in [-0.2, -0.15) is 18.3 Å². The standard InChI is InChI=1S/C24H25N5O4.C2HF3O2/c1-31-19-9-5-10-20(33-12-6-11-25)23(19)17-14-22(29-28-17)27-24(30)18-13-21(32-2)15-7-3-4-8-16(15)26-18;3-2(4,5)1(6)7/h3-5,7-10,13-14H,6,11-12,25H2,1-2H3,(H2,27,28,29,30);(H,6,7). The number of hydrogen-bond donors (Lipinski definition) is 3. The van der Waals surface area contributed by atoms with Crippen molar-refractivity contribution in [2.45, 2.75) is 12.6 Å². The van der Waals surface area contributed by atoms with Crippen molar-refractivity contribution in [1.29, 1.82) is 0 Å². The molecule has 4 aromatic rings. The van der Waals surface area contributed by atoms with Crippen molar-refractivity contribution in [1.82, 2.24) is 15.2 Å². The highest BCUT2D eigenvalue weighted by molar-refractivity contribution is 6.04. The summed E-state index contributed by atoms with van der Waals surface area (Å²) in [5.74, 6) is -1.20. The number of benzene rings is 2. The summed E-state index contributed by atoms with van der Waals surface area (Å²) in [6, 6.07) is 16.4. The molecule has 14 heteroatoms. The first-order valence-electron chi connectivity index (χ1n) is 11.8. The topological polar surface area (TPSA) is 166 Å². The zero-order valence-corrected chi connectivity index (χ0v) is 21.5. The van der Waals surface area contributed by atoms with Crippen LogP contribution < -0.4 is 30.4 Å². The summed E-state index contributed by atoms with van der Waals surface area (Å²) in [5.41, 5.74) is 6.11. The second kappa shape index (κ2) is 13.3. The van der Waals surface area contributed by atoms with Gasteiger partial charge in [0.25, 0.3) is 5.91 Å². The molecule has 0 saturated heterocycles. The van der Waals surface area contributed by atoms with Gasteiger partial charge >= 0.3 is 6.18 Å². The van der Waals surface area contributed by atoms with E-state index in [0.29, 0.717) is 40.9 Å². The summed E-state index contributed by atoms with van der Waals surface area (Å²) in [6.45, 7) is 1.32. The fourth-order valence-electron chi connectivity index (χ4n) is 3.47. The van der Waals surface area contributed by atoms with Crippen LogP contribution >= 0.6 is 0 Å². The molecule has 2 aromatic carbocycles. The lowest BCUT2D eigenvalue weighted by Gasteiger charge is -2.13. The number of pyridine rings is 1. The van der Waals surface area contributed by atoms with Gasteiger partial charge in [0, 0.05) is 23.9 Å². The van der Waals surface area contributed by atoms with Crippen molar-refractivity contribution in [2.24, 2.45) is 0 Å².